The Bertz CT molecular complexity index is 1220. The van der Waals surface area contributed by atoms with E-state index in [-0.39, 0.29) is 24.8 Å². The lowest BCUT2D eigenvalue weighted by atomic mass is 10.2. The van der Waals surface area contributed by atoms with Gasteiger partial charge in [0, 0.05) is 17.6 Å². The van der Waals surface area contributed by atoms with E-state index in [0.717, 1.165) is 22.2 Å². The van der Waals surface area contributed by atoms with Crippen LogP contribution in [0.1, 0.15) is 18.2 Å². The monoisotopic (exact) mass is 449 g/mol. The Hall–Kier alpha value is -3.65. The van der Waals surface area contributed by atoms with Gasteiger partial charge in [-0.15, -0.1) is 11.3 Å². The van der Waals surface area contributed by atoms with Gasteiger partial charge in [-0.25, -0.2) is 4.98 Å². The van der Waals surface area contributed by atoms with Gasteiger partial charge in [-0.05, 0) is 36.1 Å². The highest BCUT2D eigenvalue weighted by Gasteiger charge is 2.12. The van der Waals surface area contributed by atoms with Crippen LogP contribution in [0.3, 0.4) is 0 Å². The number of ether oxygens (including phenoxy) is 2. The Labute approximate surface area is 189 Å². The summed E-state index contributed by atoms with van der Waals surface area (Å²) in [6.45, 7) is 2.70. The van der Waals surface area contributed by atoms with Crippen LogP contribution in [0, 0.1) is 0 Å². The summed E-state index contributed by atoms with van der Waals surface area (Å²) in [4.78, 5) is 28.4. The summed E-state index contributed by atoms with van der Waals surface area (Å²) in [5, 5.41) is 6.02. The van der Waals surface area contributed by atoms with Gasteiger partial charge in [0.25, 0.3) is 0 Å². The molecule has 0 unspecified atom stereocenters. The second kappa shape index (κ2) is 10.1. The second-order valence-electron chi connectivity index (χ2n) is 7.11. The molecular formula is C24H23N3O4S. The van der Waals surface area contributed by atoms with Gasteiger partial charge >= 0.3 is 5.97 Å². The molecule has 4 aromatic rings. The van der Waals surface area contributed by atoms with Crippen LogP contribution in [-0.2, 0) is 33.9 Å². The van der Waals surface area contributed by atoms with Gasteiger partial charge in [-0.1, -0.05) is 30.3 Å². The Morgan fingerprint density at radius 3 is 2.78 bits per heavy atom. The molecule has 4 rings (SSSR count). The Kier molecular flexibility index (Phi) is 6.81. The summed E-state index contributed by atoms with van der Waals surface area (Å²) in [6, 6.07) is 17.8. The summed E-state index contributed by atoms with van der Waals surface area (Å²) in [7, 11) is 0. The number of amides is 1. The largest absolute Gasteiger partial charge is 0.489 e. The third-order valence-electron chi connectivity index (χ3n) is 4.74. The molecule has 0 radical (unpaired) electrons. The molecule has 0 saturated carbocycles. The van der Waals surface area contributed by atoms with E-state index < -0.39 is 0 Å². The van der Waals surface area contributed by atoms with Crippen LogP contribution < -0.4 is 10.1 Å². The maximum Gasteiger partial charge on any atom is 0.311 e. The first kappa shape index (κ1) is 21.6. The molecule has 0 bridgehead atoms. The molecule has 8 heteroatoms. The fraction of sp³-hybridized carbons (Fsp3) is 0.208. The smallest absolute Gasteiger partial charge is 0.311 e. The molecule has 2 heterocycles. The lowest BCUT2D eigenvalue weighted by Crippen LogP contribution is -2.18. The summed E-state index contributed by atoms with van der Waals surface area (Å²) < 4.78 is 12.7. The molecule has 0 atom stereocenters. The molecular weight excluding hydrogens is 426 g/mol. The van der Waals surface area contributed by atoms with E-state index in [9.17, 15) is 9.59 Å². The van der Waals surface area contributed by atoms with Gasteiger partial charge in [0.1, 0.15) is 18.9 Å². The number of carbonyl (C=O) groups is 2. The van der Waals surface area contributed by atoms with Crippen molar-refractivity contribution in [3.05, 3.63) is 77.4 Å². The number of nitrogens with one attached hydrogen (secondary N) is 1. The topological polar surface area (TPSA) is 82.5 Å². The third-order valence-corrected chi connectivity index (χ3v) is 5.54. The van der Waals surface area contributed by atoms with Gasteiger partial charge in [-0.3, -0.25) is 9.59 Å². The number of fused-ring (bicyclic) bond motifs is 1. The van der Waals surface area contributed by atoms with E-state index in [0.29, 0.717) is 24.0 Å². The van der Waals surface area contributed by atoms with E-state index in [1.165, 1.54) is 11.3 Å². The van der Waals surface area contributed by atoms with Crippen molar-refractivity contribution >= 4 is 39.2 Å². The zero-order valence-corrected chi connectivity index (χ0v) is 18.4. The van der Waals surface area contributed by atoms with Crippen molar-refractivity contribution in [1.29, 1.82) is 0 Å². The van der Waals surface area contributed by atoms with Gasteiger partial charge < -0.3 is 19.4 Å². The number of hydrogen-bond donors (Lipinski definition) is 1. The maximum absolute atomic E-state index is 12.6. The molecule has 1 N–H and O–H groups in total. The van der Waals surface area contributed by atoms with Crippen LogP contribution in [0.4, 0.5) is 5.13 Å². The summed E-state index contributed by atoms with van der Waals surface area (Å²) in [5.74, 6) is 0.208. The summed E-state index contributed by atoms with van der Waals surface area (Å²) >= 11 is 1.28. The Morgan fingerprint density at radius 1 is 1.12 bits per heavy atom. The SMILES string of the molecule is CCOC(=O)Cc1csc(NC(=O)Cn2ccc3ccc(OCc4ccccc4)cc32)n1. The molecule has 32 heavy (non-hydrogen) atoms. The number of aromatic nitrogens is 2. The minimum Gasteiger partial charge on any atom is -0.489 e. The van der Waals surface area contributed by atoms with Crippen LogP contribution in [0.5, 0.6) is 5.75 Å². The standard InChI is InChI=1S/C24H23N3O4S/c1-2-30-23(29)12-19-16-32-24(25-19)26-22(28)14-27-11-10-18-8-9-20(13-21(18)27)31-15-17-6-4-3-5-7-17/h3-11,13,16H,2,12,14-15H2,1H3,(H,25,26,28). The molecule has 0 aliphatic carbocycles. The first-order valence-electron chi connectivity index (χ1n) is 10.3. The number of anilines is 1. The molecule has 0 aliphatic heterocycles. The van der Waals surface area contributed by atoms with Gasteiger partial charge in [-0.2, -0.15) is 0 Å². The van der Waals surface area contributed by atoms with Crippen molar-refractivity contribution in [2.45, 2.75) is 26.5 Å². The first-order valence-corrected chi connectivity index (χ1v) is 11.1. The van der Waals surface area contributed by atoms with Crippen molar-refractivity contribution in [3.8, 4) is 5.75 Å². The van der Waals surface area contributed by atoms with Crippen LogP contribution in [0.15, 0.2) is 66.2 Å². The lowest BCUT2D eigenvalue weighted by molar-refractivity contribution is -0.142. The number of thiazole rings is 1. The number of carbonyl (C=O) groups excluding carboxylic acids is 2. The van der Waals surface area contributed by atoms with Crippen molar-refractivity contribution in [2.24, 2.45) is 0 Å². The van der Waals surface area contributed by atoms with Crippen LogP contribution in [0.25, 0.3) is 10.9 Å². The summed E-state index contributed by atoms with van der Waals surface area (Å²) in [5.41, 5.74) is 2.58. The molecule has 2 aromatic carbocycles. The molecule has 0 spiro atoms. The molecule has 164 valence electrons. The van der Waals surface area contributed by atoms with Crippen molar-refractivity contribution in [1.82, 2.24) is 9.55 Å². The minimum absolute atomic E-state index is 0.0915. The molecule has 0 aliphatic rings. The number of hydrogen-bond acceptors (Lipinski definition) is 6. The van der Waals surface area contributed by atoms with E-state index in [2.05, 4.69) is 10.3 Å². The van der Waals surface area contributed by atoms with Gasteiger partial charge in [0.05, 0.1) is 24.2 Å². The third kappa shape index (κ3) is 5.53. The Morgan fingerprint density at radius 2 is 1.97 bits per heavy atom. The minimum atomic E-state index is -0.334. The average molecular weight is 450 g/mol. The lowest BCUT2D eigenvalue weighted by Gasteiger charge is -2.09. The fourth-order valence-corrected chi connectivity index (χ4v) is 3.98. The molecule has 1 amide bonds. The van der Waals surface area contributed by atoms with Crippen LogP contribution in [-0.4, -0.2) is 28.0 Å². The molecule has 2 aromatic heterocycles. The maximum atomic E-state index is 12.6. The van der Waals surface area contributed by atoms with E-state index in [1.807, 2.05) is 65.4 Å². The summed E-state index contributed by atoms with van der Waals surface area (Å²) in [6.07, 6.45) is 1.97. The van der Waals surface area contributed by atoms with Gasteiger partial charge in [0.2, 0.25) is 5.91 Å². The normalized spacial score (nSPS) is 10.8. The quantitative estimate of drug-likeness (QED) is 0.383. The molecule has 7 nitrogen and oxygen atoms in total. The highest BCUT2D eigenvalue weighted by molar-refractivity contribution is 7.13. The van der Waals surface area contributed by atoms with E-state index >= 15 is 0 Å². The number of benzene rings is 2. The number of esters is 1. The zero-order valence-electron chi connectivity index (χ0n) is 17.6. The van der Waals surface area contributed by atoms with Crippen LogP contribution >= 0.6 is 11.3 Å². The second-order valence-corrected chi connectivity index (χ2v) is 7.97. The fourth-order valence-electron chi connectivity index (χ4n) is 3.25. The average Bonchev–Trinajstić information content (AvgIpc) is 3.39. The molecule has 0 fully saturated rings. The molecule has 0 saturated heterocycles. The number of rotatable bonds is 9. The predicted molar refractivity (Wildman–Crippen MR) is 124 cm³/mol. The zero-order chi connectivity index (χ0) is 22.3. The highest BCUT2D eigenvalue weighted by atomic mass is 32.1. The van der Waals surface area contributed by atoms with Crippen molar-refractivity contribution in [3.63, 3.8) is 0 Å². The highest BCUT2D eigenvalue weighted by Crippen LogP contribution is 2.23. The van der Waals surface area contributed by atoms with E-state index in [4.69, 9.17) is 9.47 Å². The van der Waals surface area contributed by atoms with Crippen molar-refractivity contribution < 1.29 is 19.1 Å². The van der Waals surface area contributed by atoms with Crippen molar-refractivity contribution in [2.75, 3.05) is 11.9 Å². The van der Waals surface area contributed by atoms with Gasteiger partial charge in [0.15, 0.2) is 5.13 Å². The predicted octanol–water partition coefficient (Wildman–Crippen LogP) is 4.42. The Balaban J connectivity index is 1.38. The number of nitrogens with zero attached hydrogens (tertiary/aromatic N) is 2. The van der Waals surface area contributed by atoms with Crippen LogP contribution in [0.2, 0.25) is 0 Å². The van der Waals surface area contributed by atoms with E-state index in [1.54, 1.807) is 12.3 Å². The first-order chi connectivity index (χ1) is 15.6.